The van der Waals surface area contributed by atoms with Gasteiger partial charge in [-0.2, -0.15) is 0 Å². The maximum atomic E-state index is 10.8. The van der Waals surface area contributed by atoms with Crippen LogP contribution in [0.4, 0.5) is 0 Å². The molecule has 3 nitrogen and oxygen atoms in total. The summed E-state index contributed by atoms with van der Waals surface area (Å²) in [5, 5.41) is 1.28. The molecule has 0 spiro atoms. The summed E-state index contributed by atoms with van der Waals surface area (Å²) in [6.07, 6.45) is 0.756. The summed E-state index contributed by atoms with van der Waals surface area (Å²) in [6, 6.07) is 3.59. The van der Waals surface area contributed by atoms with Gasteiger partial charge < -0.3 is 9.47 Å². The molecule has 0 atom stereocenters. The molecule has 0 N–H and O–H groups in total. The number of aldehydes is 1. The van der Waals surface area contributed by atoms with Crippen molar-refractivity contribution in [1.82, 2.24) is 0 Å². The molecule has 0 saturated heterocycles. The molecule has 0 fully saturated rings. The van der Waals surface area contributed by atoms with E-state index in [2.05, 4.69) is 0 Å². The predicted octanol–water partition coefficient (Wildman–Crippen LogP) is 3.38. The first-order valence-corrected chi connectivity index (χ1v) is 5.70. The molecule has 16 heavy (non-hydrogen) atoms. The van der Waals surface area contributed by atoms with Gasteiger partial charge in [-0.3, -0.25) is 4.79 Å². The van der Waals surface area contributed by atoms with Crippen LogP contribution < -0.4 is 9.47 Å². The molecular formula is C11H9ClO3S. The number of fused-ring (bicyclic) bond motifs is 1. The minimum atomic E-state index is 0.468. The SMILES string of the molecule is COc1cc2sc(C=O)c(Cl)c2cc1OC. The van der Waals surface area contributed by atoms with Crippen molar-refractivity contribution in [2.24, 2.45) is 0 Å². The fourth-order valence-corrected chi connectivity index (χ4v) is 2.78. The largest absolute Gasteiger partial charge is 0.493 e. The Kier molecular flexibility index (Phi) is 3.03. The fraction of sp³-hybridized carbons (Fsp3) is 0.182. The Bertz CT molecular complexity index is 548. The normalized spacial score (nSPS) is 10.4. The van der Waals surface area contributed by atoms with Crippen LogP contribution in [0.15, 0.2) is 12.1 Å². The molecule has 0 aliphatic heterocycles. The Morgan fingerprint density at radius 1 is 1.25 bits per heavy atom. The minimum Gasteiger partial charge on any atom is -0.493 e. The van der Waals surface area contributed by atoms with Crippen molar-refractivity contribution in [3.05, 3.63) is 22.0 Å². The number of hydrogen-bond acceptors (Lipinski definition) is 4. The number of methoxy groups -OCH3 is 2. The summed E-state index contributed by atoms with van der Waals surface area (Å²) in [5.74, 6) is 1.23. The molecule has 1 aromatic carbocycles. The van der Waals surface area contributed by atoms with Gasteiger partial charge in [0.1, 0.15) is 0 Å². The molecule has 0 saturated carbocycles. The number of hydrogen-bond donors (Lipinski definition) is 0. The van der Waals surface area contributed by atoms with Gasteiger partial charge in [0.05, 0.1) is 24.1 Å². The van der Waals surface area contributed by atoms with Crippen LogP contribution in [0.5, 0.6) is 11.5 Å². The molecular weight excluding hydrogens is 248 g/mol. The number of carbonyl (C=O) groups is 1. The van der Waals surface area contributed by atoms with E-state index in [0.29, 0.717) is 21.4 Å². The van der Waals surface area contributed by atoms with Crippen LogP contribution in [0.25, 0.3) is 10.1 Å². The van der Waals surface area contributed by atoms with Gasteiger partial charge in [-0.05, 0) is 6.07 Å². The van der Waals surface area contributed by atoms with Gasteiger partial charge in [-0.15, -0.1) is 11.3 Å². The summed E-state index contributed by atoms with van der Waals surface area (Å²) in [4.78, 5) is 11.3. The number of rotatable bonds is 3. The second-order valence-electron chi connectivity index (χ2n) is 3.10. The molecule has 0 bridgehead atoms. The maximum Gasteiger partial charge on any atom is 0.162 e. The fourth-order valence-electron chi connectivity index (χ4n) is 1.49. The van der Waals surface area contributed by atoms with Gasteiger partial charge in [-0.1, -0.05) is 11.6 Å². The van der Waals surface area contributed by atoms with Gasteiger partial charge in [0.15, 0.2) is 17.8 Å². The van der Waals surface area contributed by atoms with E-state index in [1.807, 2.05) is 6.07 Å². The highest BCUT2D eigenvalue weighted by molar-refractivity contribution is 7.21. The second kappa shape index (κ2) is 4.31. The number of carbonyl (C=O) groups excluding carboxylic acids is 1. The first kappa shape index (κ1) is 11.2. The van der Waals surface area contributed by atoms with Gasteiger partial charge >= 0.3 is 0 Å². The van der Waals surface area contributed by atoms with E-state index in [9.17, 15) is 4.79 Å². The highest BCUT2D eigenvalue weighted by Gasteiger charge is 2.13. The second-order valence-corrected chi connectivity index (χ2v) is 4.56. The Hall–Kier alpha value is -1.26. The molecule has 0 radical (unpaired) electrons. The van der Waals surface area contributed by atoms with E-state index in [4.69, 9.17) is 21.1 Å². The lowest BCUT2D eigenvalue weighted by molar-refractivity contribution is 0.112. The topological polar surface area (TPSA) is 35.5 Å². The molecule has 2 rings (SSSR count). The van der Waals surface area contributed by atoms with Gasteiger partial charge in [-0.25, -0.2) is 0 Å². The summed E-state index contributed by atoms with van der Waals surface area (Å²) >= 11 is 7.40. The Morgan fingerprint density at radius 2 is 1.88 bits per heavy atom. The zero-order valence-corrected chi connectivity index (χ0v) is 10.3. The summed E-state index contributed by atoms with van der Waals surface area (Å²) in [7, 11) is 3.13. The van der Waals surface area contributed by atoms with Crippen LogP contribution >= 0.6 is 22.9 Å². The molecule has 5 heteroatoms. The average molecular weight is 257 g/mol. The molecule has 2 aromatic rings. The summed E-state index contributed by atoms with van der Waals surface area (Å²) in [5.41, 5.74) is 0. The lowest BCUT2D eigenvalue weighted by Gasteiger charge is -2.06. The van der Waals surface area contributed by atoms with E-state index < -0.39 is 0 Å². The van der Waals surface area contributed by atoms with E-state index in [1.165, 1.54) is 11.3 Å². The molecule has 0 aliphatic carbocycles. The van der Waals surface area contributed by atoms with Crippen molar-refractivity contribution >= 4 is 39.3 Å². The Balaban J connectivity index is 2.75. The zero-order valence-electron chi connectivity index (χ0n) is 8.74. The highest BCUT2D eigenvalue weighted by atomic mass is 35.5. The number of halogens is 1. The average Bonchev–Trinajstić information content (AvgIpc) is 2.63. The number of benzene rings is 1. The van der Waals surface area contributed by atoms with Crippen LogP contribution in [0.1, 0.15) is 9.67 Å². The summed E-state index contributed by atoms with van der Waals surface area (Å²) < 4.78 is 11.3. The van der Waals surface area contributed by atoms with Crippen molar-refractivity contribution in [3.8, 4) is 11.5 Å². The van der Waals surface area contributed by atoms with Crippen LogP contribution in [-0.2, 0) is 0 Å². The van der Waals surface area contributed by atoms with E-state index in [1.54, 1.807) is 20.3 Å². The van der Waals surface area contributed by atoms with Gasteiger partial charge in [0.25, 0.3) is 0 Å². The first-order valence-electron chi connectivity index (χ1n) is 4.50. The van der Waals surface area contributed by atoms with Crippen LogP contribution in [0, 0.1) is 0 Å². The van der Waals surface area contributed by atoms with Gasteiger partial charge in [0.2, 0.25) is 0 Å². The third-order valence-electron chi connectivity index (χ3n) is 2.27. The van der Waals surface area contributed by atoms with Crippen LogP contribution in [0.3, 0.4) is 0 Å². The molecule has 0 unspecified atom stereocenters. The minimum absolute atomic E-state index is 0.468. The predicted molar refractivity (Wildman–Crippen MR) is 65.3 cm³/mol. The van der Waals surface area contributed by atoms with Gasteiger partial charge in [0, 0.05) is 16.2 Å². The van der Waals surface area contributed by atoms with Crippen molar-refractivity contribution < 1.29 is 14.3 Å². The molecule has 84 valence electrons. The smallest absolute Gasteiger partial charge is 0.162 e. The van der Waals surface area contributed by atoms with Crippen molar-refractivity contribution in [1.29, 1.82) is 0 Å². The van der Waals surface area contributed by atoms with Crippen molar-refractivity contribution in [2.45, 2.75) is 0 Å². The van der Waals surface area contributed by atoms with Crippen molar-refractivity contribution in [3.63, 3.8) is 0 Å². The molecule has 0 amide bonds. The zero-order chi connectivity index (χ0) is 11.7. The lowest BCUT2D eigenvalue weighted by atomic mass is 10.2. The monoisotopic (exact) mass is 256 g/mol. The first-order chi connectivity index (χ1) is 7.71. The molecule has 0 aliphatic rings. The Labute approximate surface area is 102 Å². The molecule has 1 aromatic heterocycles. The molecule has 1 heterocycles. The Morgan fingerprint density at radius 3 is 2.44 bits per heavy atom. The van der Waals surface area contributed by atoms with Crippen molar-refractivity contribution in [2.75, 3.05) is 14.2 Å². The number of thiophene rings is 1. The quantitative estimate of drug-likeness (QED) is 0.790. The third kappa shape index (κ3) is 1.64. The van der Waals surface area contributed by atoms with E-state index >= 15 is 0 Å². The lowest BCUT2D eigenvalue weighted by Crippen LogP contribution is -1.89. The number of ether oxygens (including phenoxy) is 2. The third-order valence-corrected chi connectivity index (χ3v) is 3.86. The van der Waals surface area contributed by atoms with E-state index in [0.717, 1.165) is 16.4 Å². The van der Waals surface area contributed by atoms with E-state index in [-0.39, 0.29) is 0 Å². The van der Waals surface area contributed by atoms with Crippen LogP contribution in [-0.4, -0.2) is 20.5 Å². The highest BCUT2D eigenvalue weighted by Crippen LogP contribution is 2.40. The van der Waals surface area contributed by atoms with Crippen LogP contribution in [0.2, 0.25) is 5.02 Å². The maximum absolute atomic E-state index is 10.8. The summed E-state index contributed by atoms with van der Waals surface area (Å²) in [6.45, 7) is 0. The standard InChI is InChI=1S/C11H9ClO3S/c1-14-7-3-6-9(4-8(7)15-2)16-10(5-13)11(6)12/h3-5H,1-2H3.